The number of anilines is 1. The van der Waals surface area contributed by atoms with Crippen LogP contribution >= 0.6 is 11.6 Å². The fourth-order valence-electron chi connectivity index (χ4n) is 2.15. The molecule has 0 spiro atoms. The highest BCUT2D eigenvalue weighted by Gasteiger charge is 2.30. The summed E-state index contributed by atoms with van der Waals surface area (Å²) in [5.41, 5.74) is 0.425. The first-order valence-electron chi connectivity index (χ1n) is 7.12. The number of nitrogens with zero attached hydrogens (tertiary/aromatic N) is 2. The molecule has 2 aromatic carbocycles. The number of benzene rings is 2. The molecular weight excluding hydrogens is 355 g/mol. The molecule has 3 aromatic rings. The smallest absolute Gasteiger partial charge is 0.322 e. The molecule has 3 rings (SSSR count). The van der Waals surface area contributed by atoms with E-state index in [-0.39, 0.29) is 11.3 Å². The second-order valence-electron chi connectivity index (χ2n) is 5.18. The van der Waals surface area contributed by atoms with Crippen LogP contribution in [-0.2, 0) is 6.18 Å². The molecular formula is C17H11ClF3N3O. The van der Waals surface area contributed by atoms with Crippen LogP contribution < -0.4 is 5.32 Å². The van der Waals surface area contributed by atoms with Gasteiger partial charge in [0.1, 0.15) is 0 Å². The van der Waals surface area contributed by atoms with Gasteiger partial charge in [0, 0.05) is 16.9 Å². The maximum atomic E-state index is 12.5. The van der Waals surface area contributed by atoms with Gasteiger partial charge in [-0.2, -0.15) is 18.3 Å². The summed E-state index contributed by atoms with van der Waals surface area (Å²) in [6, 6.07) is 11.1. The topological polar surface area (TPSA) is 46.9 Å². The van der Waals surface area contributed by atoms with Gasteiger partial charge in [-0.25, -0.2) is 4.68 Å². The maximum absolute atomic E-state index is 12.5. The van der Waals surface area contributed by atoms with Crippen LogP contribution in [0.1, 0.15) is 15.9 Å². The summed E-state index contributed by atoms with van der Waals surface area (Å²) in [4.78, 5) is 12.2. The Balaban J connectivity index is 1.74. The summed E-state index contributed by atoms with van der Waals surface area (Å²) in [7, 11) is 0. The van der Waals surface area contributed by atoms with Crippen molar-refractivity contribution in [3.8, 4) is 5.69 Å². The minimum absolute atomic E-state index is 0.258. The van der Waals surface area contributed by atoms with Crippen LogP contribution in [0.3, 0.4) is 0 Å². The number of hydrogen-bond donors (Lipinski definition) is 1. The Morgan fingerprint density at radius 3 is 2.48 bits per heavy atom. The molecule has 128 valence electrons. The molecule has 0 fully saturated rings. The Morgan fingerprint density at radius 1 is 1.12 bits per heavy atom. The van der Waals surface area contributed by atoms with E-state index in [1.54, 1.807) is 24.3 Å². The third kappa shape index (κ3) is 4.00. The highest BCUT2D eigenvalue weighted by molar-refractivity contribution is 6.30. The summed E-state index contributed by atoms with van der Waals surface area (Å²) in [6.45, 7) is 0. The van der Waals surface area contributed by atoms with Crippen LogP contribution in [0.2, 0.25) is 5.02 Å². The van der Waals surface area contributed by atoms with Gasteiger partial charge < -0.3 is 5.32 Å². The van der Waals surface area contributed by atoms with Gasteiger partial charge in [0.15, 0.2) is 0 Å². The van der Waals surface area contributed by atoms with Gasteiger partial charge in [-0.1, -0.05) is 17.7 Å². The molecule has 1 amide bonds. The Bertz CT molecular complexity index is 904. The van der Waals surface area contributed by atoms with Crippen molar-refractivity contribution in [1.29, 1.82) is 0 Å². The van der Waals surface area contributed by atoms with Crippen molar-refractivity contribution in [3.63, 3.8) is 0 Å². The number of hydrogen-bond acceptors (Lipinski definition) is 2. The number of carbonyl (C=O) groups excluding carboxylic acids is 1. The molecule has 0 atom stereocenters. The van der Waals surface area contributed by atoms with Crippen LogP contribution in [0.15, 0.2) is 60.9 Å². The van der Waals surface area contributed by atoms with Gasteiger partial charge in [-0.05, 0) is 42.5 Å². The average molecular weight is 366 g/mol. The summed E-state index contributed by atoms with van der Waals surface area (Å²) in [6.07, 6.45) is -1.55. The molecule has 25 heavy (non-hydrogen) atoms. The molecule has 0 saturated heterocycles. The zero-order valence-corrected chi connectivity index (χ0v) is 13.3. The zero-order valence-electron chi connectivity index (χ0n) is 12.6. The predicted octanol–water partition coefficient (Wildman–Crippen LogP) is 4.80. The van der Waals surface area contributed by atoms with E-state index in [2.05, 4.69) is 10.4 Å². The largest absolute Gasteiger partial charge is 0.416 e. The standard InChI is InChI=1S/C17H11ClF3N3O/c18-13-2-1-3-15(8-13)24-10-11(9-22-24)16(25)23-14-6-4-12(5-7-14)17(19,20)21/h1-10H,(H,23,25). The number of carbonyl (C=O) groups is 1. The minimum atomic E-state index is -4.42. The van der Waals surface area contributed by atoms with E-state index in [1.165, 1.54) is 29.2 Å². The highest BCUT2D eigenvalue weighted by atomic mass is 35.5. The van der Waals surface area contributed by atoms with Crippen LogP contribution in [0.25, 0.3) is 5.69 Å². The van der Waals surface area contributed by atoms with Crippen molar-refractivity contribution in [2.45, 2.75) is 6.18 Å². The maximum Gasteiger partial charge on any atom is 0.416 e. The Morgan fingerprint density at radius 2 is 1.84 bits per heavy atom. The van der Waals surface area contributed by atoms with Gasteiger partial charge in [0.25, 0.3) is 5.91 Å². The fraction of sp³-hybridized carbons (Fsp3) is 0.0588. The van der Waals surface area contributed by atoms with E-state index in [1.807, 2.05) is 0 Å². The van der Waals surface area contributed by atoms with Gasteiger partial charge in [0.2, 0.25) is 0 Å². The summed E-state index contributed by atoms with van der Waals surface area (Å²) in [5, 5.41) is 7.14. The second kappa shape index (κ2) is 6.60. The zero-order chi connectivity index (χ0) is 18.0. The number of amides is 1. The Labute approximate surface area is 145 Å². The molecule has 0 unspecified atom stereocenters. The highest BCUT2D eigenvalue weighted by Crippen LogP contribution is 2.29. The molecule has 0 bridgehead atoms. The molecule has 0 aliphatic carbocycles. The fourth-order valence-corrected chi connectivity index (χ4v) is 2.33. The van der Waals surface area contributed by atoms with Crippen molar-refractivity contribution in [3.05, 3.63) is 77.1 Å². The second-order valence-corrected chi connectivity index (χ2v) is 5.62. The van der Waals surface area contributed by atoms with Crippen LogP contribution in [0, 0.1) is 0 Å². The molecule has 0 saturated carbocycles. The number of nitrogens with one attached hydrogen (secondary N) is 1. The first-order chi connectivity index (χ1) is 11.8. The van der Waals surface area contributed by atoms with Crippen molar-refractivity contribution < 1.29 is 18.0 Å². The van der Waals surface area contributed by atoms with Crippen LogP contribution in [-0.4, -0.2) is 15.7 Å². The van der Waals surface area contributed by atoms with Gasteiger partial charge in [-0.15, -0.1) is 0 Å². The molecule has 0 aliphatic rings. The normalized spacial score (nSPS) is 11.4. The molecule has 1 N–H and O–H groups in total. The SMILES string of the molecule is O=C(Nc1ccc(C(F)(F)F)cc1)c1cnn(-c2cccc(Cl)c2)c1. The molecule has 1 aromatic heterocycles. The molecule has 0 aliphatic heterocycles. The van der Waals surface area contributed by atoms with E-state index >= 15 is 0 Å². The lowest BCUT2D eigenvalue weighted by Gasteiger charge is -2.08. The third-order valence-electron chi connectivity index (χ3n) is 3.39. The summed E-state index contributed by atoms with van der Waals surface area (Å²) < 4.78 is 39.1. The van der Waals surface area contributed by atoms with E-state index < -0.39 is 17.6 Å². The molecule has 8 heteroatoms. The lowest BCUT2D eigenvalue weighted by molar-refractivity contribution is -0.137. The first-order valence-corrected chi connectivity index (χ1v) is 7.50. The van der Waals surface area contributed by atoms with E-state index in [0.29, 0.717) is 10.7 Å². The van der Waals surface area contributed by atoms with E-state index in [0.717, 1.165) is 12.1 Å². The minimum Gasteiger partial charge on any atom is -0.322 e. The predicted molar refractivity (Wildman–Crippen MR) is 88.0 cm³/mol. The lowest BCUT2D eigenvalue weighted by Crippen LogP contribution is -2.11. The number of halogens is 4. The summed E-state index contributed by atoms with van der Waals surface area (Å²) in [5.74, 6) is -0.479. The molecule has 4 nitrogen and oxygen atoms in total. The number of alkyl halides is 3. The van der Waals surface area contributed by atoms with Crippen LogP contribution in [0.5, 0.6) is 0 Å². The van der Waals surface area contributed by atoms with Crippen molar-refractivity contribution in [1.82, 2.24) is 9.78 Å². The van der Waals surface area contributed by atoms with E-state index in [4.69, 9.17) is 11.6 Å². The van der Waals surface area contributed by atoms with Crippen molar-refractivity contribution >= 4 is 23.2 Å². The van der Waals surface area contributed by atoms with Gasteiger partial charge in [-0.3, -0.25) is 4.79 Å². The lowest BCUT2D eigenvalue weighted by atomic mass is 10.2. The van der Waals surface area contributed by atoms with E-state index in [9.17, 15) is 18.0 Å². The number of aromatic nitrogens is 2. The van der Waals surface area contributed by atoms with Crippen molar-refractivity contribution in [2.24, 2.45) is 0 Å². The summed E-state index contributed by atoms with van der Waals surface area (Å²) >= 11 is 5.92. The quantitative estimate of drug-likeness (QED) is 0.725. The Kier molecular flexibility index (Phi) is 4.50. The van der Waals surface area contributed by atoms with Gasteiger partial charge in [0.05, 0.1) is 23.0 Å². The monoisotopic (exact) mass is 365 g/mol. The van der Waals surface area contributed by atoms with Gasteiger partial charge >= 0.3 is 6.18 Å². The molecule has 0 radical (unpaired) electrons. The third-order valence-corrected chi connectivity index (χ3v) is 3.62. The van der Waals surface area contributed by atoms with Crippen LogP contribution in [0.4, 0.5) is 18.9 Å². The van der Waals surface area contributed by atoms with Crippen molar-refractivity contribution in [2.75, 3.05) is 5.32 Å². The Hall–Kier alpha value is -2.80. The average Bonchev–Trinajstić information content (AvgIpc) is 3.05. The molecule has 1 heterocycles. The first kappa shape index (κ1) is 17.0. The number of rotatable bonds is 3.